The van der Waals surface area contributed by atoms with E-state index in [1.807, 2.05) is 49.1 Å². The Hall–Kier alpha value is -4.40. The number of aromatic nitrogens is 9. The molecule has 6 aromatic rings. The lowest BCUT2D eigenvalue weighted by Gasteiger charge is -2.03. The van der Waals surface area contributed by atoms with Crippen molar-refractivity contribution in [3.05, 3.63) is 61.1 Å². The van der Waals surface area contributed by atoms with E-state index in [-0.39, 0.29) is 0 Å². The molecule has 6 rings (SSSR count). The molecule has 2 N–H and O–H groups in total. The molecule has 9 nitrogen and oxygen atoms in total. The van der Waals surface area contributed by atoms with Gasteiger partial charge in [-0.1, -0.05) is 0 Å². The van der Waals surface area contributed by atoms with Crippen molar-refractivity contribution in [2.24, 2.45) is 7.05 Å². The van der Waals surface area contributed by atoms with Gasteiger partial charge < -0.3 is 9.55 Å². The number of pyridine rings is 3. The fourth-order valence-corrected chi connectivity index (χ4v) is 3.79. The molecule has 9 heteroatoms. The van der Waals surface area contributed by atoms with Crippen LogP contribution in [0.4, 0.5) is 0 Å². The molecule has 0 saturated heterocycles. The van der Waals surface area contributed by atoms with Crippen LogP contribution in [0.3, 0.4) is 0 Å². The Morgan fingerprint density at radius 2 is 1.77 bits per heavy atom. The summed E-state index contributed by atoms with van der Waals surface area (Å²) in [6.07, 6.45) is 8.97. The first kappa shape index (κ1) is 17.5. The number of hydrogen-bond donors (Lipinski definition) is 2. The monoisotopic (exact) mass is 407 g/mol. The molecule has 0 aromatic carbocycles. The van der Waals surface area contributed by atoms with Crippen LogP contribution in [-0.2, 0) is 7.05 Å². The number of aryl methyl sites for hydroxylation is 1. The van der Waals surface area contributed by atoms with Crippen molar-refractivity contribution in [3.8, 4) is 33.9 Å². The Labute approximate surface area is 176 Å². The van der Waals surface area contributed by atoms with Gasteiger partial charge in [0.15, 0.2) is 17.1 Å². The van der Waals surface area contributed by atoms with E-state index in [0.29, 0.717) is 17.1 Å². The van der Waals surface area contributed by atoms with Gasteiger partial charge in [-0.2, -0.15) is 5.10 Å². The molecule has 0 aliphatic rings. The summed E-state index contributed by atoms with van der Waals surface area (Å²) in [5.41, 5.74) is 6.90. The van der Waals surface area contributed by atoms with Crippen LogP contribution in [0, 0.1) is 6.92 Å². The molecular weight excluding hydrogens is 390 g/mol. The molecule has 0 saturated carbocycles. The Balaban J connectivity index is 1.52. The van der Waals surface area contributed by atoms with Gasteiger partial charge in [0.05, 0.1) is 22.8 Å². The second-order valence-corrected chi connectivity index (χ2v) is 7.32. The van der Waals surface area contributed by atoms with E-state index in [1.54, 1.807) is 18.6 Å². The maximum absolute atomic E-state index is 4.72. The summed E-state index contributed by atoms with van der Waals surface area (Å²) < 4.78 is 2.04. The second kappa shape index (κ2) is 6.56. The molecule has 0 unspecified atom stereocenters. The highest BCUT2D eigenvalue weighted by Gasteiger charge is 2.17. The molecular formula is C22H17N9. The Morgan fingerprint density at radius 3 is 2.58 bits per heavy atom. The van der Waals surface area contributed by atoms with Crippen molar-refractivity contribution in [3.63, 3.8) is 0 Å². The number of hydrogen-bond acceptors (Lipinski definition) is 6. The first-order valence-corrected chi connectivity index (χ1v) is 9.77. The van der Waals surface area contributed by atoms with Gasteiger partial charge >= 0.3 is 0 Å². The van der Waals surface area contributed by atoms with Crippen LogP contribution in [0.25, 0.3) is 56.1 Å². The standard InChI is InChI=1S/C22H17N9/c1-12-25-11-17(31(12)2)14-9-16-19(29-30-20(16)26-10-14)22-27-18-15(5-8-24-21(18)28-22)13-3-6-23-7-4-13/h3-11H,1-2H3,(H,24,27,28)(H,26,29,30). The van der Waals surface area contributed by atoms with Gasteiger partial charge in [-0.3, -0.25) is 10.1 Å². The van der Waals surface area contributed by atoms with Crippen LogP contribution < -0.4 is 0 Å². The molecule has 0 fully saturated rings. The molecule has 0 aliphatic carbocycles. The number of rotatable bonds is 3. The zero-order valence-corrected chi connectivity index (χ0v) is 16.8. The van der Waals surface area contributed by atoms with Crippen molar-refractivity contribution >= 4 is 22.2 Å². The number of imidazole rings is 2. The molecule has 0 radical (unpaired) electrons. The number of H-pyrrole nitrogens is 2. The minimum Gasteiger partial charge on any atom is -0.335 e. The molecule has 6 aromatic heterocycles. The molecule has 0 atom stereocenters. The predicted molar refractivity (Wildman–Crippen MR) is 117 cm³/mol. The number of aromatic amines is 2. The van der Waals surface area contributed by atoms with Crippen molar-refractivity contribution in [2.75, 3.05) is 0 Å². The average Bonchev–Trinajstić information content (AvgIpc) is 3.50. The second-order valence-electron chi connectivity index (χ2n) is 7.32. The van der Waals surface area contributed by atoms with Gasteiger partial charge in [-0.25, -0.2) is 19.9 Å². The Kier molecular flexibility index (Phi) is 3.69. The van der Waals surface area contributed by atoms with Crippen molar-refractivity contribution in [1.29, 1.82) is 0 Å². The van der Waals surface area contributed by atoms with Gasteiger partial charge in [0.25, 0.3) is 0 Å². The Morgan fingerprint density at radius 1 is 0.903 bits per heavy atom. The zero-order chi connectivity index (χ0) is 20.9. The summed E-state index contributed by atoms with van der Waals surface area (Å²) in [6, 6.07) is 7.96. The number of fused-ring (bicyclic) bond motifs is 2. The molecule has 6 heterocycles. The summed E-state index contributed by atoms with van der Waals surface area (Å²) in [5, 5.41) is 8.32. The molecule has 0 spiro atoms. The van der Waals surface area contributed by atoms with Gasteiger partial charge in [-0.15, -0.1) is 0 Å². The van der Waals surface area contributed by atoms with Crippen LogP contribution in [0.2, 0.25) is 0 Å². The SMILES string of the molecule is Cc1ncc(-c2cnc3n[nH]c(-c4nc5nccc(-c6ccncc6)c5[nH]4)c3c2)n1C. The summed E-state index contributed by atoms with van der Waals surface area (Å²) in [7, 11) is 1.99. The molecule has 0 aliphatic heterocycles. The largest absolute Gasteiger partial charge is 0.335 e. The summed E-state index contributed by atoms with van der Waals surface area (Å²) in [5.74, 6) is 1.60. The smallest absolute Gasteiger partial charge is 0.181 e. The Bertz CT molecular complexity index is 1560. The van der Waals surface area contributed by atoms with E-state index in [4.69, 9.17) is 4.98 Å². The lowest BCUT2D eigenvalue weighted by molar-refractivity contribution is 0.865. The van der Waals surface area contributed by atoms with Crippen LogP contribution in [0.1, 0.15) is 5.82 Å². The van der Waals surface area contributed by atoms with E-state index >= 15 is 0 Å². The lowest BCUT2D eigenvalue weighted by Crippen LogP contribution is -1.94. The third kappa shape index (κ3) is 2.71. The zero-order valence-electron chi connectivity index (χ0n) is 16.8. The maximum atomic E-state index is 4.72. The highest BCUT2D eigenvalue weighted by atomic mass is 15.2. The third-order valence-electron chi connectivity index (χ3n) is 5.55. The minimum absolute atomic E-state index is 0.625. The van der Waals surface area contributed by atoms with Crippen LogP contribution in [0.5, 0.6) is 0 Å². The van der Waals surface area contributed by atoms with Crippen LogP contribution >= 0.6 is 0 Å². The van der Waals surface area contributed by atoms with E-state index in [1.165, 1.54) is 0 Å². The fourth-order valence-electron chi connectivity index (χ4n) is 3.79. The topological polar surface area (TPSA) is 114 Å². The minimum atomic E-state index is 0.625. The van der Waals surface area contributed by atoms with Crippen molar-refractivity contribution in [1.82, 2.24) is 44.7 Å². The quantitative estimate of drug-likeness (QED) is 0.463. The predicted octanol–water partition coefficient (Wildman–Crippen LogP) is 3.67. The van der Waals surface area contributed by atoms with Gasteiger partial charge in [0.1, 0.15) is 11.5 Å². The first-order chi connectivity index (χ1) is 15.2. The lowest BCUT2D eigenvalue weighted by atomic mass is 10.1. The highest BCUT2D eigenvalue weighted by molar-refractivity contribution is 5.95. The summed E-state index contributed by atoms with van der Waals surface area (Å²) in [6.45, 7) is 1.97. The summed E-state index contributed by atoms with van der Waals surface area (Å²) >= 11 is 0. The van der Waals surface area contributed by atoms with Crippen LogP contribution in [-0.4, -0.2) is 44.7 Å². The van der Waals surface area contributed by atoms with Crippen LogP contribution in [0.15, 0.2) is 55.2 Å². The van der Waals surface area contributed by atoms with E-state index in [2.05, 4.69) is 41.2 Å². The molecule has 0 amide bonds. The van der Waals surface area contributed by atoms with Gasteiger partial charge in [0, 0.05) is 43.0 Å². The van der Waals surface area contributed by atoms with Gasteiger partial charge in [0.2, 0.25) is 0 Å². The van der Waals surface area contributed by atoms with Crippen molar-refractivity contribution < 1.29 is 0 Å². The van der Waals surface area contributed by atoms with Gasteiger partial charge in [-0.05, 0) is 36.8 Å². The summed E-state index contributed by atoms with van der Waals surface area (Å²) in [4.78, 5) is 25.6. The first-order valence-electron chi connectivity index (χ1n) is 9.77. The number of nitrogens with one attached hydrogen (secondary N) is 2. The average molecular weight is 407 g/mol. The van der Waals surface area contributed by atoms with E-state index in [9.17, 15) is 0 Å². The van der Waals surface area contributed by atoms with E-state index < -0.39 is 0 Å². The number of nitrogens with zero attached hydrogens (tertiary/aromatic N) is 7. The molecule has 150 valence electrons. The maximum Gasteiger partial charge on any atom is 0.181 e. The fraction of sp³-hybridized carbons (Fsp3) is 0.0909. The normalized spacial score (nSPS) is 11.5. The van der Waals surface area contributed by atoms with E-state index in [0.717, 1.165) is 44.8 Å². The highest BCUT2D eigenvalue weighted by Crippen LogP contribution is 2.31. The van der Waals surface area contributed by atoms with Crippen molar-refractivity contribution in [2.45, 2.75) is 6.92 Å². The molecule has 0 bridgehead atoms. The third-order valence-corrected chi connectivity index (χ3v) is 5.55. The molecule has 31 heavy (non-hydrogen) atoms.